The number of ketones is 1. The van der Waals surface area contributed by atoms with E-state index in [1.807, 2.05) is 48.5 Å². The summed E-state index contributed by atoms with van der Waals surface area (Å²) in [5, 5.41) is 7.33. The van der Waals surface area contributed by atoms with Crippen LogP contribution >= 0.6 is 11.8 Å². The zero-order valence-electron chi connectivity index (χ0n) is 31.7. The first-order chi connectivity index (χ1) is 27.4. The van der Waals surface area contributed by atoms with Crippen molar-refractivity contribution < 1.29 is 38.3 Å². The summed E-state index contributed by atoms with van der Waals surface area (Å²) in [4.78, 5) is 88.3. The molecule has 3 aromatic carbocycles. The van der Waals surface area contributed by atoms with Crippen LogP contribution in [-0.2, 0) is 41.7 Å². The van der Waals surface area contributed by atoms with E-state index in [2.05, 4.69) is 16.0 Å². The summed E-state index contributed by atoms with van der Waals surface area (Å²) in [5.41, 5.74) is 19.9. The van der Waals surface area contributed by atoms with Crippen LogP contribution in [0.4, 0.5) is 10.5 Å². The summed E-state index contributed by atoms with van der Waals surface area (Å²) in [7, 11) is 0. The average molecular weight is 802 g/mol. The van der Waals surface area contributed by atoms with Crippen molar-refractivity contribution in [2.24, 2.45) is 17.2 Å². The summed E-state index contributed by atoms with van der Waals surface area (Å²) in [6.45, 7) is 0.316. The van der Waals surface area contributed by atoms with Gasteiger partial charge in [0, 0.05) is 37.2 Å². The van der Waals surface area contributed by atoms with Gasteiger partial charge in [0.1, 0.15) is 17.6 Å². The maximum Gasteiger partial charge on any atom is 0.412 e. The minimum Gasteiger partial charge on any atom is -0.410 e. The third-order valence-corrected chi connectivity index (χ3v) is 10.5. The van der Waals surface area contributed by atoms with Crippen molar-refractivity contribution in [3.8, 4) is 5.75 Å². The normalized spacial score (nSPS) is 15.3. The van der Waals surface area contributed by atoms with Gasteiger partial charge in [-0.2, -0.15) is 0 Å². The molecule has 0 bridgehead atoms. The van der Waals surface area contributed by atoms with Gasteiger partial charge >= 0.3 is 6.09 Å². The molecule has 1 aliphatic rings. The van der Waals surface area contributed by atoms with Gasteiger partial charge in [-0.3, -0.25) is 33.7 Å². The van der Waals surface area contributed by atoms with Gasteiger partial charge < -0.3 is 37.9 Å². The molecule has 57 heavy (non-hydrogen) atoms. The van der Waals surface area contributed by atoms with Crippen molar-refractivity contribution in [2.45, 2.75) is 87.7 Å². The fourth-order valence-corrected chi connectivity index (χ4v) is 7.15. The van der Waals surface area contributed by atoms with Gasteiger partial charge in [-0.05, 0) is 61.1 Å². The number of benzene rings is 3. The number of hydrogen-bond acceptors (Lipinski definition) is 11. The molecule has 304 valence electrons. The van der Waals surface area contributed by atoms with Crippen LogP contribution < -0.4 is 37.9 Å². The lowest BCUT2D eigenvalue weighted by Crippen LogP contribution is -2.46. The maximum atomic E-state index is 12.9. The zero-order chi connectivity index (χ0) is 41.2. The van der Waals surface area contributed by atoms with Gasteiger partial charge in [-0.25, -0.2) is 4.79 Å². The molecule has 0 spiro atoms. The molecular weight excluding hydrogens is 751 g/mol. The van der Waals surface area contributed by atoms with Gasteiger partial charge in [0.05, 0.1) is 23.9 Å². The van der Waals surface area contributed by atoms with Crippen LogP contribution in [0.5, 0.6) is 5.75 Å². The summed E-state index contributed by atoms with van der Waals surface area (Å²) < 4.78 is 5.29. The van der Waals surface area contributed by atoms with Crippen molar-refractivity contribution >= 4 is 58.9 Å². The Morgan fingerprint density at radius 2 is 1.46 bits per heavy atom. The summed E-state index contributed by atoms with van der Waals surface area (Å²) in [5.74, 6) is -1.79. The molecule has 6 amide bonds. The number of thioether (sulfide) groups is 1. The van der Waals surface area contributed by atoms with Crippen LogP contribution in [0.1, 0.15) is 62.5 Å². The van der Waals surface area contributed by atoms with Crippen molar-refractivity contribution in [2.75, 3.05) is 17.6 Å². The molecule has 1 fully saturated rings. The van der Waals surface area contributed by atoms with E-state index in [0.29, 0.717) is 43.5 Å². The lowest BCUT2D eigenvalue weighted by Gasteiger charge is -2.18. The number of carbonyl (C=O) groups excluding carboxylic acids is 7. The molecule has 1 aliphatic heterocycles. The molecule has 0 aliphatic carbocycles. The van der Waals surface area contributed by atoms with Crippen LogP contribution in [0, 0.1) is 0 Å². The highest BCUT2D eigenvalue weighted by atomic mass is 32.2. The molecule has 3 aromatic rings. The number of carbonyl (C=O) groups is 7. The van der Waals surface area contributed by atoms with Gasteiger partial charge in [0.2, 0.25) is 29.5 Å². The number of Topliss-reactive ketones (excluding diaryl/α,β-unsaturated/α-hetero) is 1. The molecule has 1 heterocycles. The largest absolute Gasteiger partial charge is 0.412 e. The SMILES string of the molecule is NC(=O)[C@H](CSC1CC(=O)N(Cc2ccccc2)C1=O)NC(=O)CCCCCCC(=O)[C@@H](N)CCNC(=O)Oc1ccc(C[C@H](N)C(=O)Nc2ccccc2)cc1. The van der Waals surface area contributed by atoms with E-state index < -0.39 is 35.4 Å². The highest BCUT2D eigenvalue weighted by Crippen LogP contribution is 2.27. The lowest BCUT2D eigenvalue weighted by molar-refractivity contribution is -0.139. The molecule has 15 nitrogen and oxygen atoms in total. The number of ether oxygens (including phenoxy) is 1. The van der Waals surface area contributed by atoms with Crippen molar-refractivity contribution in [3.05, 3.63) is 96.1 Å². The quantitative estimate of drug-likeness (QED) is 0.0601. The Bertz CT molecular complexity index is 1830. The molecule has 4 rings (SSSR count). The van der Waals surface area contributed by atoms with E-state index in [0.717, 1.165) is 22.9 Å². The van der Waals surface area contributed by atoms with E-state index in [1.165, 1.54) is 4.90 Å². The van der Waals surface area contributed by atoms with E-state index in [9.17, 15) is 33.6 Å². The number of para-hydroxylation sites is 1. The van der Waals surface area contributed by atoms with E-state index in [-0.39, 0.29) is 73.9 Å². The molecule has 0 saturated carbocycles. The molecule has 0 aromatic heterocycles. The maximum absolute atomic E-state index is 12.9. The van der Waals surface area contributed by atoms with Crippen LogP contribution in [0.2, 0.25) is 0 Å². The number of likely N-dealkylation sites (tertiary alicyclic amines) is 1. The number of imide groups is 1. The summed E-state index contributed by atoms with van der Waals surface area (Å²) >= 11 is 1.13. The van der Waals surface area contributed by atoms with Crippen LogP contribution in [-0.4, -0.2) is 82.0 Å². The first-order valence-corrected chi connectivity index (χ1v) is 20.0. The van der Waals surface area contributed by atoms with Crippen molar-refractivity contribution in [1.29, 1.82) is 0 Å². The number of nitrogens with two attached hydrogens (primary N) is 3. The minimum absolute atomic E-state index is 0.0172. The molecule has 4 atom stereocenters. The smallest absolute Gasteiger partial charge is 0.410 e. The van der Waals surface area contributed by atoms with Crippen LogP contribution in [0.3, 0.4) is 0 Å². The number of anilines is 1. The van der Waals surface area contributed by atoms with E-state index in [1.54, 1.807) is 36.4 Å². The Hall–Kier alpha value is -5.58. The molecule has 1 unspecified atom stereocenters. The zero-order valence-corrected chi connectivity index (χ0v) is 32.5. The van der Waals surface area contributed by atoms with Gasteiger partial charge in [0.15, 0.2) is 0 Å². The van der Waals surface area contributed by atoms with Gasteiger partial charge in [0.25, 0.3) is 0 Å². The Kier molecular flexibility index (Phi) is 17.7. The predicted octanol–water partition coefficient (Wildman–Crippen LogP) is 2.94. The van der Waals surface area contributed by atoms with E-state index in [4.69, 9.17) is 21.9 Å². The summed E-state index contributed by atoms with van der Waals surface area (Å²) in [6.07, 6.45) is 2.73. The predicted molar refractivity (Wildman–Crippen MR) is 217 cm³/mol. The lowest BCUT2D eigenvalue weighted by atomic mass is 10.0. The van der Waals surface area contributed by atoms with Gasteiger partial charge in [-0.1, -0.05) is 73.5 Å². The number of nitrogens with zero attached hydrogens (tertiary/aromatic N) is 1. The molecule has 16 heteroatoms. The second-order valence-corrected chi connectivity index (χ2v) is 15.0. The fraction of sp³-hybridized carbons (Fsp3) is 0.390. The van der Waals surface area contributed by atoms with Crippen molar-refractivity contribution in [3.63, 3.8) is 0 Å². The van der Waals surface area contributed by atoms with E-state index >= 15 is 0 Å². The average Bonchev–Trinajstić information content (AvgIpc) is 3.46. The first-order valence-electron chi connectivity index (χ1n) is 18.9. The van der Waals surface area contributed by atoms with Crippen molar-refractivity contribution in [1.82, 2.24) is 15.5 Å². The number of primary amides is 1. The second kappa shape index (κ2) is 22.8. The van der Waals surface area contributed by atoms with Gasteiger partial charge in [-0.15, -0.1) is 11.8 Å². The minimum atomic E-state index is -0.992. The Morgan fingerprint density at radius 3 is 2.12 bits per heavy atom. The first kappa shape index (κ1) is 44.1. The fourth-order valence-electron chi connectivity index (χ4n) is 5.94. The molecule has 1 saturated heterocycles. The molecular formula is C41H51N7O8S. The highest BCUT2D eigenvalue weighted by Gasteiger charge is 2.39. The number of amides is 6. The number of hydrogen-bond donors (Lipinski definition) is 6. The monoisotopic (exact) mass is 801 g/mol. The van der Waals surface area contributed by atoms with Crippen LogP contribution in [0.15, 0.2) is 84.9 Å². The number of unbranched alkanes of at least 4 members (excludes halogenated alkanes) is 3. The topological polar surface area (TPSA) is 246 Å². The Morgan fingerprint density at radius 1 is 0.807 bits per heavy atom. The summed E-state index contributed by atoms with van der Waals surface area (Å²) in [6, 6.07) is 22.3. The van der Waals surface area contributed by atoms with Crippen LogP contribution in [0.25, 0.3) is 0 Å². The third-order valence-electron chi connectivity index (χ3n) is 9.21. The number of nitrogens with one attached hydrogen (secondary N) is 3. The molecule has 0 radical (unpaired) electrons. The Balaban J connectivity index is 1.03. The highest BCUT2D eigenvalue weighted by molar-refractivity contribution is 8.00. The number of rotatable bonds is 23. The third kappa shape index (κ3) is 15.1. The second-order valence-electron chi connectivity index (χ2n) is 13.8. The Labute approximate surface area is 336 Å². The molecule has 9 N–H and O–H groups in total. The standard InChI is InChI=1S/C41H51N7O8S/c42-31(21-22-45-41(55)56-30-19-17-27(18-20-30)23-32(43)39(53)46-29-13-7-4-8-14-29)34(49)15-9-1-2-10-16-36(50)47-33(38(44)52)26-57-35-24-37(51)48(40(35)54)25-28-11-5-3-6-12-28/h3-8,11-14,17-20,31-33,35H,1-2,9-10,15-16,21-26,42-43H2,(H2,44,52)(H,45,55)(H,46,53)(H,47,50)/t31-,32-,33-,35?/m0/s1.